The van der Waals surface area contributed by atoms with Crippen LogP contribution in [0.15, 0.2) is 59.5 Å². The van der Waals surface area contributed by atoms with Crippen LogP contribution < -0.4 is 31.7 Å². The Hall–Kier alpha value is -4.85. The number of carbonyl (C=O) groups is 7. The summed E-state index contributed by atoms with van der Waals surface area (Å²) < 4.78 is 35.4. The van der Waals surface area contributed by atoms with Crippen molar-refractivity contribution in [3.8, 4) is 0 Å². The molecule has 19 heteroatoms. The number of primary sulfonamides is 1. The van der Waals surface area contributed by atoms with Crippen molar-refractivity contribution in [3.63, 3.8) is 0 Å². The number of rotatable bonds is 19. The van der Waals surface area contributed by atoms with E-state index in [1.54, 1.807) is 39.0 Å². The molecule has 1 aliphatic rings. The Balaban J connectivity index is 1.72. The average Bonchev–Trinajstić information content (AvgIpc) is 3.14. The van der Waals surface area contributed by atoms with Gasteiger partial charge in [-0.25, -0.2) is 18.4 Å². The van der Waals surface area contributed by atoms with E-state index in [1.807, 2.05) is 0 Å². The number of carbonyl (C=O) groups excluding carboxylic acids is 6. The van der Waals surface area contributed by atoms with Gasteiger partial charge in [-0.15, -0.1) is 0 Å². The first kappa shape index (κ1) is 44.5. The second-order valence-corrected chi connectivity index (χ2v) is 16.8. The fourth-order valence-electron chi connectivity index (χ4n) is 5.91. The molecule has 1 heterocycles. The number of nitrogens with one attached hydrogen (secondary N) is 5. The number of sulfonamides is 1. The van der Waals surface area contributed by atoms with E-state index in [1.165, 1.54) is 24.3 Å². The van der Waals surface area contributed by atoms with E-state index in [-0.39, 0.29) is 29.2 Å². The first-order chi connectivity index (χ1) is 25.9. The van der Waals surface area contributed by atoms with E-state index in [4.69, 9.17) is 5.14 Å². The molecule has 0 aliphatic carbocycles. The van der Waals surface area contributed by atoms with Crippen LogP contribution in [0.2, 0.25) is 0 Å². The lowest BCUT2D eigenvalue weighted by Crippen LogP contribution is -2.59. The minimum atomic E-state index is -4.02. The fraction of sp³-hybridized carbons (Fsp3) is 0.472. The number of carboxylic acid groups (broad SMARTS) is 1. The molecule has 300 valence electrons. The van der Waals surface area contributed by atoms with Crippen molar-refractivity contribution in [2.75, 3.05) is 18.1 Å². The number of nitrogens with two attached hydrogens (primary N) is 1. The molecule has 1 aliphatic heterocycles. The Bertz CT molecular complexity index is 1800. The van der Waals surface area contributed by atoms with Crippen LogP contribution in [0.5, 0.6) is 0 Å². The maximum absolute atomic E-state index is 13.9. The second-order valence-electron chi connectivity index (χ2n) is 13.5. The molecule has 1 unspecified atom stereocenters. The van der Waals surface area contributed by atoms with E-state index >= 15 is 0 Å². The van der Waals surface area contributed by atoms with Crippen LogP contribution in [0.4, 0.5) is 0 Å². The highest BCUT2D eigenvalue weighted by Gasteiger charge is 2.37. The molecule has 4 atom stereocenters. The molecule has 55 heavy (non-hydrogen) atoms. The quantitative estimate of drug-likeness (QED) is 0.0735. The largest absolute Gasteiger partial charge is 0.616 e. The van der Waals surface area contributed by atoms with Crippen LogP contribution in [0.25, 0.3) is 0 Å². The zero-order chi connectivity index (χ0) is 40.9. The van der Waals surface area contributed by atoms with Gasteiger partial charge in [0.2, 0.25) is 33.5 Å². The predicted octanol–water partition coefficient (Wildman–Crippen LogP) is 0.0343. The number of aliphatic carboxylic acids is 1. The van der Waals surface area contributed by atoms with Crippen molar-refractivity contribution < 1.29 is 51.6 Å². The summed E-state index contributed by atoms with van der Waals surface area (Å²) in [5.41, 5.74) is 0.330. The summed E-state index contributed by atoms with van der Waals surface area (Å²) in [5.74, 6) is -6.69. The van der Waals surface area contributed by atoms with Gasteiger partial charge in [-0.05, 0) is 67.3 Å². The number of benzene rings is 2. The first-order valence-electron chi connectivity index (χ1n) is 17.7. The molecule has 1 saturated heterocycles. The van der Waals surface area contributed by atoms with Crippen molar-refractivity contribution in [1.82, 2.24) is 26.6 Å². The molecular formula is C36H48N6O11S2. The van der Waals surface area contributed by atoms with E-state index < -0.39 is 99.1 Å². The van der Waals surface area contributed by atoms with Crippen LogP contribution in [-0.4, -0.2) is 95.5 Å². The lowest BCUT2D eigenvalue weighted by molar-refractivity contribution is -0.142. The maximum atomic E-state index is 13.9. The minimum Gasteiger partial charge on any atom is -0.616 e. The zero-order valence-electron chi connectivity index (χ0n) is 30.7. The van der Waals surface area contributed by atoms with Crippen molar-refractivity contribution >= 4 is 62.5 Å². The van der Waals surface area contributed by atoms with Gasteiger partial charge in [-0.3, -0.25) is 28.8 Å². The molecule has 17 nitrogen and oxygen atoms in total. The summed E-state index contributed by atoms with van der Waals surface area (Å²) >= 11 is -1.10. The van der Waals surface area contributed by atoms with Crippen LogP contribution in [-0.2, 0) is 50.0 Å². The molecule has 0 radical (unpaired) electrons. The number of hydrogen-bond acceptors (Lipinski definition) is 10. The van der Waals surface area contributed by atoms with E-state index in [0.29, 0.717) is 36.3 Å². The van der Waals surface area contributed by atoms with Gasteiger partial charge in [0.25, 0.3) is 11.8 Å². The monoisotopic (exact) mass is 804 g/mol. The van der Waals surface area contributed by atoms with Gasteiger partial charge in [-0.2, -0.15) is 0 Å². The number of amides is 5. The van der Waals surface area contributed by atoms with Crippen LogP contribution in [0.1, 0.15) is 74.8 Å². The maximum Gasteiger partial charge on any atom is 0.330 e. The Morgan fingerprint density at radius 1 is 0.873 bits per heavy atom. The smallest absolute Gasteiger partial charge is 0.330 e. The van der Waals surface area contributed by atoms with Crippen molar-refractivity contribution in [1.29, 1.82) is 0 Å². The fourth-order valence-corrected chi connectivity index (χ4v) is 7.76. The molecule has 0 saturated carbocycles. The van der Waals surface area contributed by atoms with Crippen molar-refractivity contribution in [2.24, 2.45) is 17.0 Å². The van der Waals surface area contributed by atoms with Crippen LogP contribution >= 0.6 is 0 Å². The first-order valence-corrected chi connectivity index (χ1v) is 20.7. The van der Waals surface area contributed by atoms with Gasteiger partial charge in [0.1, 0.15) is 23.6 Å². The molecule has 0 aromatic heterocycles. The molecule has 1 fully saturated rings. The second kappa shape index (κ2) is 20.7. The lowest BCUT2D eigenvalue weighted by Gasteiger charge is -2.32. The third-order valence-corrected chi connectivity index (χ3v) is 11.1. The standard InChI is InChI=1S/C36H48N6O11S2/c1-4-8-26(31(44)35(48)38-20-28(43)41-30(36(49)50)22-9-6-5-7-10-22)39-33(46)27(19-21(2)3)40-34(47)29(23-15-17-54(51)18-16-23)42-32(45)24-11-13-25(14-12-24)55(37,52)53/h5-7,9-14,21,23,26-27,29-30H,4,8,15-20H2,1-3H3,(H,38,48)(H,39,46)(H,40,47)(H,41,43)(H,42,45)(H,49,50)(H2,37,52,53)/t23?,26?,27-,29-,30-,54?/m0/s1. The summed E-state index contributed by atoms with van der Waals surface area (Å²) in [7, 11) is -4.02. The van der Waals surface area contributed by atoms with Crippen molar-refractivity contribution in [2.45, 2.75) is 81.9 Å². The highest BCUT2D eigenvalue weighted by molar-refractivity contribution is 7.91. The molecule has 2 aromatic rings. The molecule has 3 rings (SSSR count). The van der Waals surface area contributed by atoms with Gasteiger partial charge in [-0.1, -0.05) is 68.7 Å². The molecule has 2 aromatic carbocycles. The minimum absolute atomic E-state index is 0.0315. The van der Waals surface area contributed by atoms with Crippen LogP contribution in [0, 0.1) is 11.8 Å². The van der Waals surface area contributed by atoms with E-state index in [2.05, 4.69) is 26.6 Å². The number of hydrogen-bond donors (Lipinski definition) is 7. The Morgan fingerprint density at radius 3 is 2.02 bits per heavy atom. The zero-order valence-corrected chi connectivity index (χ0v) is 32.4. The third kappa shape index (κ3) is 13.7. The molecule has 0 bridgehead atoms. The highest BCUT2D eigenvalue weighted by Crippen LogP contribution is 2.24. The number of Topliss-reactive ketones (excluding diaryl/α,β-unsaturated/α-hetero) is 1. The molecule has 0 spiro atoms. The van der Waals surface area contributed by atoms with Gasteiger partial charge in [0.05, 0.1) is 17.5 Å². The van der Waals surface area contributed by atoms with Crippen molar-refractivity contribution in [3.05, 3.63) is 65.7 Å². The Kier molecular flexibility index (Phi) is 16.8. The summed E-state index contributed by atoms with van der Waals surface area (Å²) in [4.78, 5) is 91.0. The lowest BCUT2D eigenvalue weighted by atomic mass is 9.91. The molecular weight excluding hydrogens is 757 g/mol. The summed E-state index contributed by atoms with van der Waals surface area (Å²) in [6.45, 7) is 4.59. The Morgan fingerprint density at radius 2 is 1.47 bits per heavy atom. The highest BCUT2D eigenvalue weighted by atomic mass is 32.2. The van der Waals surface area contributed by atoms with E-state index in [9.17, 15) is 51.6 Å². The molecule has 8 N–H and O–H groups in total. The summed E-state index contributed by atoms with van der Waals surface area (Å²) in [6, 6.07) is 7.50. The van der Waals surface area contributed by atoms with Gasteiger partial charge in [0.15, 0.2) is 6.04 Å². The summed E-state index contributed by atoms with van der Waals surface area (Å²) in [6.07, 6.45) is 1.16. The Labute approximate surface area is 322 Å². The SMILES string of the molecule is CCCC(NC(=O)[C@H](CC(C)C)NC(=O)[C@@H](NC(=O)c1ccc(S(N)(=O)=O)cc1)C1CC[S+]([O-])CC1)C(=O)C(=O)NCC(=O)N[C@H](C(=O)O)c1ccccc1. The topological polar surface area (TPSA) is 283 Å². The molecule has 5 amide bonds. The predicted molar refractivity (Wildman–Crippen MR) is 201 cm³/mol. The number of carboxylic acids is 1. The van der Waals surface area contributed by atoms with Gasteiger partial charge in [0, 0.05) is 5.56 Å². The number of ketones is 1. The average molecular weight is 805 g/mol. The van der Waals surface area contributed by atoms with Crippen LogP contribution in [0.3, 0.4) is 0 Å². The normalized spacial score (nSPS) is 17.8. The van der Waals surface area contributed by atoms with E-state index in [0.717, 1.165) is 12.1 Å². The third-order valence-electron chi connectivity index (χ3n) is 8.79. The summed E-state index contributed by atoms with van der Waals surface area (Å²) in [5, 5.41) is 27.1. The van der Waals surface area contributed by atoms with Gasteiger partial charge >= 0.3 is 5.97 Å². The van der Waals surface area contributed by atoms with Gasteiger partial charge < -0.3 is 36.2 Å².